The molecule has 86 valence electrons. The molecule has 0 aliphatic carbocycles. The van der Waals surface area contributed by atoms with E-state index >= 15 is 0 Å². The summed E-state index contributed by atoms with van der Waals surface area (Å²) in [5.41, 5.74) is 4.58. The lowest BCUT2D eigenvalue weighted by atomic mass is 10.1. The number of aromatic nitrogens is 3. The highest BCUT2D eigenvalue weighted by Gasteiger charge is 2.13. The Kier molecular flexibility index (Phi) is 2.04. The predicted octanol–water partition coefficient (Wildman–Crippen LogP) is 2.85. The van der Waals surface area contributed by atoms with E-state index < -0.39 is 0 Å². The maximum absolute atomic E-state index is 5.30. The zero-order chi connectivity index (χ0) is 12.0. The normalized spacial score (nSPS) is 11.2. The van der Waals surface area contributed by atoms with Crippen LogP contribution in [0.3, 0.4) is 0 Å². The molecule has 0 N–H and O–H groups in total. The van der Waals surface area contributed by atoms with Crippen LogP contribution in [0.2, 0.25) is 0 Å². The zero-order valence-electron chi connectivity index (χ0n) is 10.1. The third-order valence-electron chi connectivity index (χ3n) is 3.12. The van der Waals surface area contributed by atoms with Crippen molar-refractivity contribution < 1.29 is 4.42 Å². The van der Waals surface area contributed by atoms with E-state index in [1.165, 1.54) is 11.1 Å². The molecule has 0 fully saturated rings. The minimum absolute atomic E-state index is 0.555. The van der Waals surface area contributed by atoms with Crippen molar-refractivity contribution in [1.29, 1.82) is 0 Å². The lowest BCUT2D eigenvalue weighted by Gasteiger charge is -2.01. The van der Waals surface area contributed by atoms with Gasteiger partial charge in [0.05, 0.1) is 17.2 Å². The van der Waals surface area contributed by atoms with Crippen molar-refractivity contribution in [3.63, 3.8) is 0 Å². The van der Waals surface area contributed by atoms with Gasteiger partial charge in [-0.1, -0.05) is 0 Å². The molecule has 0 bridgehead atoms. The molecule has 0 radical (unpaired) electrons. The predicted molar refractivity (Wildman–Crippen MR) is 65.7 cm³/mol. The number of benzene rings is 1. The van der Waals surface area contributed by atoms with Gasteiger partial charge in [0.2, 0.25) is 0 Å². The van der Waals surface area contributed by atoms with E-state index in [4.69, 9.17) is 4.42 Å². The van der Waals surface area contributed by atoms with Gasteiger partial charge in [0.15, 0.2) is 5.82 Å². The lowest BCUT2D eigenvalue weighted by Crippen LogP contribution is -1.92. The van der Waals surface area contributed by atoms with E-state index in [1.54, 1.807) is 12.5 Å². The van der Waals surface area contributed by atoms with Gasteiger partial charge in [-0.05, 0) is 37.1 Å². The third-order valence-corrected chi connectivity index (χ3v) is 3.12. The van der Waals surface area contributed by atoms with Crippen LogP contribution in [-0.2, 0) is 7.05 Å². The second-order valence-electron chi connectivity index (χ2n) is 4.26. The molecule has 3 rings (SSSR count). The summed E-state index contributed by atoms with van der Waals surface area (Å²) in [5.74, 6) is 1.31. The Labute approximate surface area is 98.9 Å². The highest BCUT2D eigenvalue weighted by Crippen LogP contribution is 2.24. The maximum atomic E-state index is 5.30. The Morgan fingerprint density at radius 1 is 1.18 bits per heavy atom. The number of aryl methyl sites for hydroxylation is 3. The first-order chi connectivity index (χ1) is 8.16. The van der Waals surface area contributed by atoms with Crippen LogP contribution in [-0.4, -0.2) is 14.5 Å². The first-order valence-corrected chi connectivity index (χ1v) is 5.50. The number of imidazole rings is 1. The summed E-state index contributed by atoms with van der Waals surface area (Å²) < 4.78 is 7.30. The quantitative estimate of drug-likeness (QED) is 0.642. The average Bonchev–Trinajstić information content (AvgIpc) is 2.90. The van der Waals surface area contributed by atoms with Crippen LogP contribution in [0, 0.1) is 13.8 Å². The van der Waals surface area contributed by atoms with E-state index in [2.05, 4.69) is 35.9 Å². The summed E-state index contributed by atoms with van der Waals surface area (Å²) in [7, 11) is 1.98. The van der Waals surface area contributed by atoms with Crippen LogP contribution in [0.15, 0.2) is 29.0 Å². The summed E-state index contributed by atoms with van der Waals surface area (Å²) in [6.45, 7) is 4.20. The Balaban J connectivity index is 2.32. The minimum atomic E-state index is 0.555. The fourth-order valence-electron chi connectivity index (χ4n) is 1.97. The molecule has 0 spiro atoms. The van der Waals surface area contributed by atoms with Gasteiger partial charge in [-0.3, -0.25) is 0 Å². The van der Waals surface area contributed by atoms with Crippen LogP contribution in [0.25, 0.3) is 22.7 Å². The van der Waals surface area contributed by atoms with Crippen molar-refractivity contribution in [2.75, 3.05) is 0 Å². The van der Waals surface area contributed by atoms with Crippen LogP contribution >= 0.6 is 0 Å². The van der Waals surface area contributed by atoms with E-state index in [0.29, 0.717) is 5.89 Å². The summed E-state index contributed by atoms with van der Waals surface area (Å²) >= 11 is 0. The standard InChI is InChI=1S/C13H13N3O/c1-8-6-10-11(7-9(8)2)16(3)12(15-10)13-14-4-5-17-13/h4-7H,1-3H3. The van der Waals surface area contributed by atoms with Crippen molar-refractivity contribution in [1.82, 2.24) is 14.5 Å². The van der Waals surface area contributed by atoms with Gasteiger partial charge in [0, 0.05) is 7.05 Å². The second kappa shape index (κ2) is 3.45. The van der Waals surface area contributed by atoms with E-state index in [0.717, 1.165) is 16.9 Å². The minimum Gasteiger partial charge on any atom is -0.442 e. The molecule has 0 unspecified atom stereocenters. The Hall–Kier alpha value is -2.10. The van der Waals surface area contributed by atoms with Gasteiger partial charge in [0.1, 0.15) is 6.26 Å². The monoisotopic (exact) mass is 227 g/mol. The van der Waals surface area contributed by atoms with Gasteiger partial charge in [0.25, 0.3) is 5.89 Å². The molecule has 2 heterocycles. The molecule has 2 aromatic heterocycles. The smallest absolute Gasteiger partial charge is 0.263 e. The highest BCUT2D eigenvalue weighted by atomic mass is 16.3. The van der Waals surface area contributed by atoms with Crippen molar-refractivity contribution in [3.05, 3.63) is 35.7 Å². The van der Waals surface area contributed by atoms with Crippen LogP contribution < -0.4 is 0 Å². The Bertz CT molecular complexity index is 680. The van der Waals surface area contributed by atoms with Crippen molar-refractivity contribution in [2.45, 2.75) is 13.8 Å². The number of hydrogen-bond donors (Lipinski definition) is 0. The molecule has 4 nitrogen and oxygen atoms in total. The lowest BCUT2D eigenvalue weighted by molar-refractivity contribution is 0.566. The highest BCUT2D eigenvalue weighted by molar-refractivity contribution is 5.80. The molecule has 17 heavy (non-hydrogen) atoms. The van der Waals surface area contributed by atoms with E-state index in [1.807, 2.05) is 11.6 Å². The summed E-state index contributed by atoms with van der Waals surface area (Å²) in [5, 5.41) is 0. The molecule has 0 aliphatic rings. The topological polar surface area (TPSA) is 43.9 Å². The number of fused-ring (bicyclic) bond motifs is 1. The number of nitrogens with zero attached hydrogens (tertiary/aromatic N) is 3. The molecule has 0 atom stereocenters. The third kappa shape index (κ3) is 1.45. The van der Waals surface area contributed by atoms with Gasteiger partial charge < -0.3 is 8.98 Å². The first kappa shape index (κ1) is 10.1. The fraction of sp³-hybridized carbons (Fsp3) is 0.231. The molecular formula is C13H13N3O. The van der Waals surface area contributed by atoms with Gasteiger partial charge in [-0.2, -0.15) is 0 Å². The molecule has 4 heteroatoms. The molecule has 1 aromatic carbocycles. The Morgan fingerprint density at radius 2 is 1.94 bits per heavy atom. The van der Waals surface area contributed by atoms with Crippen LogP contribution in [0.5, 0.6) is 0 Å². The molecule has 0 aliphatic heterocycles. The van der Waals surface area contributed by atoms with Crippen LogP contribution in [0.4, 0.5) is 0 Å². The summed E-state index contributed by atoms with van der Waals surface area (Å²) in [6.07, 6.45) is 3.19. The van der Waals surface area contributed by atoms with Crippen molar-refractivity contribution >= 4 is 11.0 Å². The number of oxazole rings is 1. The maximum Gasteiger partial charge on any atom is 0.263 e. The molecule has 0 amide bonds. The van der Waals surface area contributed by atoms with Gasteiger partial charge in [-0.15, -0.1) is 0 Å². The van der Waals surface area contributed by atoms with Crippen molar-refractivity contribution in [3.8, 4) is 11.7 Å². The summed E-state index contributed by atoms with van der Waals surface area (Å²) in [6, 6.07) is 4.24. The SMILES string of the molecule is Cc1cc2nc(-c3ncco3)n(C)c2cc1C. The molecule has 0 saturated carbocycles. The van der Waals surface area contributed by atoms with Gasteiger partial charge in [-0.25, -0.2) is 9.97 Å². The van der Waals surface area contributed by atoms with Crippen LogP contribution in [0.1, 0.15) is 11.1 Å². The fourth-order valence-corrected chi connectivity index (χ4v) is 1.97. The van der Waals surface area contributed by atoms with Crippen molar-refractivity contribution in [2.24, 2.45) is 7.05 Å². The van der Waals surface area contributed by atoms with E-state index in [-0.39, 0.29) is 0 Å². The first-order valence-electron chi connectivity index (χ1n) is 5.50. The largest absolute Gasteiger partial charge is 0.442 e. The summed E-state index contributed by atoms with van der Waals surface area (Å²) in [4.78, 5) is 8.70. The second-order valence-corrected chi connectivity index (χ2v) is 4.26. The van der Waals surface area contributed by atoms with Gasteiger partial charge >= 0.3 is 0 Å². The molecule has 0 saturated heterocycles. The molecular weight excluding hydrogens is 214 g/mol. The zero-order valence-corrected chi connectivity index (χ0v) is 10.1. The number of rotatable bonds is 1. The Morgan fingerprint density at radius 3 is 2.65 bits per heavy atom. The molecule has 3 aromatic rings. The number of hydrogen-bond acceptors (Lipinski definition) is 3. The van der Waals surface area contributed by atoms with E-state index in [9.17, 15) is 0 Å². The average molecular weight is 227 g/mol.